The number of nitrogens with zero attached hydrogens (tertiary/aromatic N) is 2. The van der Waals surface area contributed by atoms with Crippen molar-refractivity contribution < 1.29 is 13.2 Å². The lowest BCUT2D eigenvalue weighted by atomic mass is 10.1. The van der Waals surface area contributed by atoms with E-state index in [0.29, 0.717) is 6.42 Å². The molecule has 24 heavy (non-hydrogen) atoms. The topological polar surface area (TPSA) is 81.1 Å². The van der Waals surface area contributed by atoms with Crippen LogP contribution in [0.3, 0.4) is 0 Å². The molecule has 1 N–H and O–H groups in total. The number of nitrogens with one attached hydrogen (secondary N) is 1. The van der Waals surface area contributed by atoms with E-state index in [0.717, 1.165) is 22.6 Å². The molecule has 1 aliphatic heterocycles. The predicted molar refractivity (Wildman–Crippen MR) is 91.9 cm³/mol. The smallest absolute Gasteiger partial charge is 0.224 e. The molecule has 0 spiro atoms. The van der Waals surface area contributed by atoms with Crippen molar-refractivity contribution in [1.29, 1.82) is 0 Å². The van der Waals surface area contributed by atoms with Gasteiger partial charge in [0, 0.05) is 11.7 Å². The van der Waals surface area contributed by atoms with E-state index in [1.165, 1.54) is 0 Å². The molecule has 1 atom stereocenters. The van der Waals surface area contributed by atoms with Crippen LogP contribution in [0.4, 0.5) is 0 Å². The SMILES string of the molecule is Cc1cc(C)n(-c2ccc(CC(=O)N[C@H]3CCS(=O)(=O)C3)cc2)n1. The number of sulfone groups is 1. The lowest BCUT2D eigenvalue weighted by Crippen LogP contribution is -2.36. The van der Waals surface area contributed by atoms with E-state index >= 15 is 0 Å². The van der Waals surface area contributed by atoms with Gasteiger partial charge in [0.25, 0.3) is 0 Å². The van der Waals surface area contributed by atoms with Gasteiger partial charge in [-0.1, -0.05) is 12.1 Å². The molecule has 1 aliphatic rings. The van der Waals surface area contributed by atoms with E-state index in [9.17, 15) is 13.2 Å². The van der Waals surface area contributed by atoms with E-state index in [1.54, 1.807) is 0 Å². The number of benzene rings is 1. The van der Waals surface area contributed by atoms with Crippen LogP contribution in [0, 0.1) is 13.8 Å². The van der Waals surface area contributed by atoms with Crippen LogP contribution in [0.25, 0.3) is 5.69 Å². The van der Waals surface area contributed by atoms with Gasteiger partial charge in [-0.05, 0) is 44.0 Å². The number of carbonyl (C=O) groups is 1. The first-order chi connectivity index (χ1) is 11.3. The Kier molecular flexibility index (Phi) is 4.45. The zero-order valence-corrected chi connectivity index (χ0v) is 14.6. The minimum Gasteiger partial charge on any atom is -0.352 e. The third-order valence-electron chi connectivity index (χ3n) is 4.15. The van der Waals surface area contributed by atoms with Gasteiger partial charge in [-0.2, -0.15) is 5.10 Å². The van der Waals surface area contributed by atoms with Crippen molar-refractivity contribution in [2.24, 2.45) is 0 Å². The summed E-state index contributed by atoms with van der Waals surface area (Å²) in [6.07, 6.45) is 0.749. The van der Waals surface area contributed by atoms with Crippen LogP contribution in [0.15, 0.2) is 30.3 Å². The number of hydrogen-bond donors (Lipinski definition) is 1. The standard InChI is InChI=1S/C17H21N3O3S/c1-12-9-13(2)20(19-12)16-5-3-14(4-6-16)10-17(21)18-15-7-8-24(22,23)11-15/h3-6,9,15H,7-8,10-11H2,1-2H3,(H,18,21)/t15-/m0/s1. The van der Waals surface area contributed by atoms with Crippen molar-refractivity contribution in [3.05, 3.63) is 47.3 Å². The van der Waals surface area contributed by atoms with Gasteiger partial charge in [0.2, 0.25) is 5.91 Å². The quantitative estimate of drug-likeness (QED) is 0.905. The van der Waals surface area contributed by atoms with Crippen LogP contribution in [-0.2, 0) is 21.1 Å². The van der Waals surface area contributed by atoms with E-state index in [1.807, 2.05) is 48.9 Å². The van der Waals surface area contributed by atoms with Gasteiger partial charge in [-0.3, -0.25) is 4.79 Å². The molecule has 1 fully saturated rings. The van der Waals surface area contributed by atoms with Crippen molar-refractivity contribution in [1.82, 2.24) is 15.1 Å². The largest absolute Gasteiger partial charge is 0.352 e. The van der Waals surface area contributed by atoms with E-state index in [2.05, 4.69) is 10.4 Å². The Morgan fingerprint density at radius 2 is 2.00 bits per heavy atom. The Morgan fingerprint density at radius 1 is 1.29 bits per heavy atom. The van der Waals surface area contributed by atoms with Crippen LogP contribution in [0.5, 0.6) is 0 Å². The van der Waals surface area contributed by atoms with Crippen molar-refractivity contribution in [3.8, 4) is 5.69 Å². The Balaban J connectivity index is 1.62. The van der Waals surface area contributed by atoms with Crippen molar-refractivity contribution in [2.45, 2.75) is 32.7 Å². The monoisotopic (exact) mass is 347 g/mol. The van der Waals surface area contributed by atoms with Gasteiger partial charge < -0.3 is 5.32 Å². The second kappa shape index (κ2) is 6.39. The van der Waals surface area contributed by atoms with Gasteiger partial charge in [0.15, 0.2) is 9.84 Å². The molecule has 0 unspecified atom stereocenters. The van der Waals surface area contributed by atoms with E-state index < -0.39 is 9.84 Å². The first-order valence-electron chi connectivity index (χ1n) is 7.95. The van der Waals surface area contributed by atoms with Crippen molar-refractivity contribution in [3.63, 3.8) is 0 Å². The highest BCUT2D eigenvalue weighted by Crippen LogP contribution is 2.14. The second-order valence-corrected chi connectivity index (χ2v) is 8.58. The molecule has 1 aromatic heterocycles. The fourth-order valence-electron chi connectivity index (χ4n) is 3.02. The Morgan fingerprint density at radius 3 is 2.54 bits per heavy atom. The highest BCUT2D eigenvalue weighted by atomic mass is 32.2. The van der Waals surface area contributed by atoms with E-state index in [-0.39, 0.29) is 29.9 Å². The third-order valence-corrected chi connectivity index (χ3v) is 5.92. The molecule has 0 bridgehead atoms. The fourth-order valence-corrected chi connectivity index (χ4v) is 4.69. The molecule has 1 saturated heterocycles. The summed E-state index contributed by atoms with van der Waals surface area (Å²) in [5.41, 5.74) is 3.85. The van der Waals surface area contributed by atoms with Crippen LogP contribution >= 0.6 is 0 Å². The van der Waals surface area contributed by atoms with Gasteiger partial charge >= 0.3 is 0 Å². The predicted octanol–water partition coefficient (Wildman–Crippen LogP) is 1.33. The molecule has 3 rings (SSSR count). The first kappa shape index (κ1) is 16.7. The molecular weight excluding hydrogens is 326 g/mol. The highest BCUT2D eigenvalue weighted by molar-refractivity contribution is 7.91. The van der Waals surface area contributed by atoms with Gasteiger partial charge in [-0.25, -0.2) is 13.1 Å². The maximum absolute atomic E-state index is 12.1. The van der Waals surface area contributed by atoms with E-state index in [4.69, 9.17) is 0 Å². The maximum Gasteiger partial charge on any atom is 0.224 e. The Hall–Kier alpha value is -2.15. The average molecular weight is 347 g/mol. The lowest BCUT2D eigenvalue weighted by molar-refractivity contribution is -0.120. The normalized spacial score (nSPS) is 19.3. The number of rotatable bonds is 4. The molecule has 1 amide bonds. The summed E-state index contributed by atoms with van der Waals surface area (Å²) >= 11 is 0. The lowest BCUT2D eigenvalue weighted by Gasteiger charge is -2.11. The number of carbonyl (C=O) groups excluding carboxylic acids is 1. The van der Waals surface area contributed by atoms with Crippen LogP contribution in [0.1, 0.15) is 23.4 Å². The Labute approximate surface area is 141 Å². The average Bonchev–Trinajstić information content (AvgIpc) is 3.01. The second-order valence-electron chi connectivity index (χ2n) is 6.35. The van der Waals surface area contributed by atoms with Gasteiger partial charge in [-0.15, -0.1) is 0 Å². The number of amides is 1. The van der Waals surface area contributed by atoms with Crippen molar-refractivity contribution >= 4 is 15.7 Å². The van der Waals surface area contributed by atoms with Crippen LogP contribution in [0.2, 0.25) is 0 Å². The minimum absolute atomic E-state index is 0.0512. The summed E-state index contributed by atoms with van der Waals surface area (Å²) in [6.45, 7) is 3.95. The van der Waals surface area contributed by atoms with Crippen LogP contribution < -0.4 is 5.32 Å². The molecule has 0 aliphatic carbocycles. The summed E-state index contributed by atoms with van der Waals surface area (Å²) in [6, 6.07) is 9.42. The molecule has 2 aromatic rings. The van der Waals surface area contributed by atoms with Gasteiger partial charge in [0.1, 0.15) is 0 Å². The summed E-state index contributed by atoms with van der Waals surface area (Å²) in [5.74, 6) is 0.0706. The fraction of sp³-hybridized carbons (Fsp3) is 0.412. The highest BCUT2D eigenvalue weighted by Gasteiger charge is 2.28. The van der Waals surface area contributed by atoms with Crippen molar-refractivity contribution in [2.75, 3.05) is 11.5 Å². The first-order valence-corrected chi connectivity index (χ1v) is 9.77. The number of aromatic nitrogens is 2. The summed E-state index contributed by atoms with van der Waals surface area (Å²) < 4.78 is 24.7. The summed E-state index contributed by atoms with van der Waals surface area (Å²) in [4.78, 5) is 12.1. The summed E-state index contributed by atoms with van der Waals surface area (Å²) in [5, 5.41) is 7.24. The molecule has 6 nitrogen and oxygen atoms in total. The molecule has 128 valence electrons. The number of aryl methyl sites for hydroxylation is 2. The maximum atomic E-state index is 12.1. The molecule has 1 aromatic carbocycles. The third kappa shape index (κ3) is 3.84. The molecule has 7 heteroatoms. The zero-order chi connectivity index (χ0) is 17.3. The Bertz CT molecular complexity index is 854. The molecule has 0 radical (unpaired) electrons. The zero-order valence-electron chi connectivity index (χ0n) is 13.8. The molecular formula is C17H21N3O3S. The summed E-state index contributed by atoms with van der Waals surface area (Å²) in [7, 11) is -2.98. The van der Waals surface area contributed by atoms with Gasteiger partial charge in [0.05, 0.1) is 29.3 Å². The molecule has 2 heterocycles. The molecule has 0 saturated carbocycles. The van der Waals surface area contributed by atoms with Crippen LogP contribution in [-0.4, -0.2) is 41.7 Å². The number of hydrogen-bond acceptors (Lipinski definition) is 4. The minimum atomic E-state index is -2.98.